The normalized spacial score (nSPS) is 17.1. The maximum absolute atomic E-state index is 11.8. The Morgan fingerprint density at radius 3 is 2.67 bits per heavy atom. The predicted molar refractivity (Wildman–Crippen MR) is 69.5 cm³/mol. The highest BCUT2D eigenvalue weighted by atomic mass is 35.5. The fourth-order valence-electron chi connectivity index (χ4n) is 1.81. The van der Waals surface area contributed by atoms with E-state index in [-0.39, 0.29) is 5.54 Å². The molecule has 1 aliphatic carbocycles. The van der Waals surface area contributed by atoms with Gasteiger partial charge in [0.05, 0.1) is 5.54 Å². The van der Waals surface area contributed by atoms with Crippen molar-refractivity contribution >= 4 is 17.7 Å². The third-order valence-electron chi connectivity index (χ3n) is 2.77. The van der Waals surface area contributed by atoms with Gasteiger partial charge in [-0.1, -0.05) is 11.6 Å². The van der Waals surface area contributed by atoms with Gasteiger partial charge in [0, 0.05) is 6.20 Å². The molecule has 1 fully saturated rings. The number of halogens is 1. The van der Waals surface area contributed by atoms with Crippen LogP contribution in [0.4, 0.5) is 4.79 Å². The highest BCUT2D eigenvalue weighted by molar-refractivity contribution is 6.29. The molecule has 5 heteroatoms. The van der Waals surface area contributed by atoms with Gasteiger partial charge in [-0.25, -0.2) is 9.78 Å². The predicted octanol–water partition coefficient (Wildman–Crippen LogP) is 3.25. The van der Waals surface area contributed by atoms with Gasteiger partial charge >= 0.3 is 6.09 Å². The molecule has 0 saturated heterocycles. The number of nitrogens with zero attached hydrogens (tertiary/aromatic N) is 1. The summed E-state index contributed by atoms with van der Waals surface area (Å²) in [5.74, 6) is 0. The summed E-state index contributed by atoms with van der Waals surface area (Å²) in [5, 5.41) is 3.35. The number of carbonyl (C=O) groups excluding carboxylic acids is 1. The molecule has 1 heterocycles. The molecule has 1 saturated carbocycles. The summed E-state index contributed by atoms with van der Waals surface area (Å²) in [7, 11) is 0. The highest BCUT2D eigenvalue weighted by Gasteiger charge is 2.46. The average Bonchev–Trinajstić information content (AvgIpc) is 2.95. The van der Waals surface area contributed by atoms with Gasteiger partial charge in [-0.3, -0.25) is 0 Å². The zero-order valence-electron chi connectivity index (χ0n) is 10.8. The summed E-state index contributed by atoms with van der Waals surface area (Å²) in [6.45, 7) is 5.53. The SMILES string of the molecule is CC(C)(C)OC(=O)NC1(c2ccnc(Cl)c2)CC1. The van der Waals surface area contributed by atoms with Crippen LogP contribution in [0.1, 0.15) is 39.2 Å². The van der Waals surface area contributed by atoms with Crippen molar-refractivity contribution in [2.75, 3.05) is 0 Å². The Hall–Kier alpha value is -1.29. The quantitative estimate of drug-likeness (QED) is 0.838. The van der Waals surface area contributed by atoms with Gasteiger partial charge in [0.1, 0.15) is 10.8 Å². The Morgan fingerprint density at radius 1 is 1.50 bits per heavy atom. The average molecular weight is 269 g/mol. The summed E-state index contributed by atoms with van der Waals surface area (Å²) in [6.07, 6.45) is 3.04. The number of ether oxygens (including phenoxy) is 1. The van der Waals surface area contributed by atoms with E-state index in [4.69, 9.17) is 16.3 Å². The third kappa shape index (κ3) is 3.13. The van der Waals surface area contributed by atoms with Crippen molar-refractivity contribution in [1.29, 1.82) is 0 Å². The summed E-state index contributed by atoms with van der Waals surface area (Å²) < 4.78 is 5.27. The topological polar surface area (TPSA) is 51.2 Å². The number of carbonyl (C=O) groups is 1. The van der Waals surface area contributed by atoms with Crippen LogP contribution in [-0.4, -0.2) is 16.7 Å². The summed E-state index contributed by atoms with van der Waals surface area (Å²) in [6, 6.07) is 3.65. The second-order valence-corrected chi connectivity index (χ2v) is 5.96. The van der Waals surface area contributed by atoms with Gasteiger partial charge in [0.15, 0.2) is 0 Å². The molecule has 0 spiro atoms. The van der Waals surface area contributed by atoms with Gasteiger partial charge in [-0.2, -0.15) is 0 Å². The van der Waals surface area contributed by atoms with E-state index in [1.807, 2.05) is 26.8 Å². The highest BCUT2D eigenvalue weighted by Crippen LogP contribution is 2.45. The van der Waals surface area contributed by atoms with Crippen LogP contribution in [0.2, 0.25) is 5.15 Å². The number of rotatable bonds is 2. The zero-order chi connectivity index (χ0) is 13.4. The van der Waals surface area contributed by atoms with Gasteiger partial charge in [-0.05, 0) is 51.3 Å². The minimum atomic E-state index is -0.490. The van der Waals surface area contributed by atoms with Crippen LogP contribution in [0.3, 0.4) is 0 Å². The molecule has 0 aromatic carbocycles. The van der Waals surface area contributed by atoms with Crippen LogP contribution in [0.25, 0.3) is 0 Å². The second kappa shape index (κ2) is 4.43. The van der Waals surface area contributed by atoms with Crippen molar-refractivity contribution in [3.63, 3.8) is 0 Å². The van der Waals surface area contributed by atoms with E-state index in [0.29, 0.717) is 5.15 Å². The molecular formula is C13H17ClN2O2. The standard InChI is InChI=1S/C13H17ClN2O2/c1-12(2,3)18-11(17)16-13(5-6-13)9-4-7-15-10(14)8-9/h4,7-8H,5-6H2,1-3H3,(H,16,17). The number of hydrogen-bond donors (Lipinski definition) is 1. The van der Waals surface area contributed by atoms with Crippen LogP contribution >= 0.6 is 11.6 Å². The number of aromatic nitrogens is 1. The zero-order valence-corrected chi connectivity index (χ0v) is 11.5. The van der Waals surface area contributed by atoms with E-state index in [0.717, 1.165) is 18.4 Å². The van der Waals surface area contributed by atoms with Crippen LogP contribution in [0.5, 0.6) is 0 Å². The van der Waals surface area contributed by atoms with E-state index >= 15 is 0 Å². The van der Waals surface area contributed by atoms with E-state index in [1.54, 1.807) is 12.3 Å². The second-order valence-electron chi connectivity index (χ2n) is 5.58. The van der Waals surface area contributed by atoms with Gasteiger partial charge in [-0.15, -0.1) is 0 Å². The van der Waals surface area contributed by atoms with Gasteiger partial charge in [0.25, 0.3) is 0 Å². The fraction of sp³-hybridized carbons (Fsp3) is 0.538. The maximum Gasteiger partial charge on any atom is 0.408 e. The van der Waals surface area contributed by atoms with E-state index in [1.165, 1.54) is 0 Å². The molecule has 1 N–H and O–H groups in total. The van der Waals surface area contributed by atoms with E-state index in [9.17, 15) is 4.79 Å². The molecule has 2 rings (SSSR count). The van der Waals surface area contributed by atoms with E-state index in [2.05, 4.69) is 10.3 Å². The first-order valence-corrected chi connectivity index (χ1v) is 6.32. The fourth-order valence-corrected chi connectivity index (χ4v) is 1.98. The Labute approximate surface area is 112 Å². The first-order chi connectivity index (χ1) is 8.31. The molecule has 0 unspecified atom stereocenters. The molecule has 1 aromatic rings. The lowest BCUT2D eigenvalue weighted by Crippen LogP contribution is -2.39. The molecule has 1 aliphatic rings. The molecule has 0 aliphatic heterocycles. The molecule has 0 bridgehead atoms. The lowest BCUT2D eigenvalue weighted by atomic mass is 10.1. The smallest absolute Gasteiger partial charge is 0.408 e. The van der Waals surface area contributed by atoms with Crippen LogP contribution in [0, 0.1) is 0 Å². The number of alkyl carbamates (subject to hydrolysis) is 1. The minimum Gasteiger partial charge on any atom is -0.444 e. The molecule has 4 nitrogen and oxygen atoms in total. The Morgan fingerprint density at radius 2 is 2.17 bits per heavy atom. The summed E-state index contributed by atoms with van der Waals surface area (Å²) in [4.78, 5) is 15.7. The molecule has 0 radical (unpaired) electrons. The third-order valence-corrected chi connectivity index (χ3v) is 2.98. The summed E-state index contributed by atoms with van der Waals surface area (Å²) in [5.41, 5.74) is 0.165. The minimum absolute atomic E-state index is 0.324. The molecular weight excluding hydrogens is 252 g/mol. The molecule has 1 aromatic heterocycles. The van der Waals surface area contributed by atoms with Gasteiger partial charge in [0.2, 0.25) is 0 Å². The van der Waals surface area contributed by atoms with Crippen molar-refractivity contribution in [2.24, 2.45) is 0 Å². The Balaban J connectivity index is 2.07. The van der Waals surface area contributed by atoms with Crippen molar-refractivity contribution in [3.05, 3.63) is 29.0 Å². The number of hydrogen-bond acceptors (Lipinski definition) is 3. The molecule has 0 atom stereocenters. The number of pyridine rings is 1. The largest absolute Gasteiger partial charge is 0.444 e. The number of nitrogens with one attached hydrogen (secondary N) is 1. The van der Waals surface area contributed by atoms with Crippen molar-refractivity contribution in [1.82, 2.24) is 10.3 Å². The van der Waals surface area contributed by atoms with Crippen molar-refractivity contribution in [2.45, 2.75) is 44.8 Å². The lowest BCUT2D eigenvalue weighted by Gasteiger charge is -2.23. The maximum atomic E-state index is 11.8. The Kier molecular flexibility index (Phi) is 3.23. The molecule has 1 amide bonds. The van der Waals surface area contributed by atoms with Crippen LogP contribution < -0.4 is 5.32 Å². The molecule has 18 heavy (non-hydrogen) atoms. The van der Waals surface area contributed by atoms with E-state index < -0.39 is 11.7 Å². The van der Waals surface area contributed by atoms with Gasteiger partial charge < -0.3 is 10.1 Å². The first-order valence-electron chi connectivity index (χ1n) is 5.94. The van der Waals surface area contributed by atoms with Crippen molar-refractivity contribution in [3.8, 4) is 0 Å². The molecule has 98 valence electrons. The number of amides is 1. The van der Waals surface area contributed by atoms with Crippen molar-refractivity contribution < 1.29 is 9.53 Å². The van der Waals surface area contributed by atoms with Crippen LogP contribution in [-0.2, 0) is 10.3 Å². The summed E-state index contributed by atoms with van der Waals surface area (Å²) >= 11 is 5.87. The lowest BCUT2D eigenvalue weighted by molar-refractivity contribution is 0.0495. The Bertz CT molecular complexity index is 464. The first kappa shape index (κ1) is 13.1. The monoisotopic (exact) mass is 268 g/mol. The van der Waals surface area contributed by atoms with Crippen LogP contribution in [0.15, 0.2) is 18.3 Å².